The number of nitrogens with zero attached hydrogens (tertiary/aromatic N) is 2. The van der Waals surface area contributed by atoms with Crippen LogP contribution in [0.25, 0.3) is 0 Å². The molecule has 27 heavy (non-hydrogen) atoms. The molecule has 0 radical (unpaired) electrons. The molecule has 0 aromatic carbocycles. The Hall–Kier alpha value is -1.17. The molecule has 2 atom stereocenters. The number of aromatic nitrogens is 1. The van der Waals surface area contributed by atoms with Gasteiger partial charge in [0.05, 0.1) is 11.7 Å². The molecule has 146 valence electrons. The lowest BCUT2D eigenvalue weighted by atomic mass is 9.49. The minimum absolute atomic E-state index is 0.00586. The smallest absolute Gasteiger partial charge is 0.255 e. The molecule has 2 heterocycles. The molecule has 2 N–H and O–H groups in total. The average Bonchev–Trinajstić information content (AvgIpc) is 2.66. The van der Waals surface area contributed by atoms with Crippen LogP contribution >= 0.6 is 11.6 Å². The van der Waals surface area contributed by atoms with Crippen LogP contribution in [-0.4, -0.2) is 47.1 Å². The van der Waals surface area contributed by atoms with Gasteiger partial charge in [0.25, 0.3) is 5.91 Å². The van der Waals surface area contributed by atoms with E-state index in [1.807, 2.05) is 12.1 Å². The molecule has 1 amide bonds. The largest absolute Gasteiger partial charge is 0.321 e. The van der Waals surface area contributed by atoms with Crippen molar-refractivity contribution in [2.24, 2.45) is 23.2 Å². The summed E-state index contributed by atoms with van der Waals surface area (Å²) in [4.78, 5) is 19.6. The molecular formula is C21H29ClN4O. The number of rotatable bonds is 4. The van der Waals surface area contributed by atoms with Crippen molar-refractivity contribution in [3.05, 3.63) is 30.1 Å². The van der Waals surface area contributed by atoms with Crippen molar-refractivity contribution in [1.82, 2.24) is 20.5 Å². The van der Waals surface area contributed by atoms with Crippen molar-refractivity contribution in [2.45, 2.75) is 50.2 Å². The van der Waals surface area contributed by atoms with Crippen LogP contribution in [0.2, 0.25) is 0 Å². The number of amides is 1. The van der Waals surface area contributed by atoms with Crippen LogP contribution in [0.3, 0.4) is 0 Å². The first-order valence-corrected chi connectivity index (χ1v) is 10.9. The molecule has 6 heteroatoms. The maximum absolute atomic E-state index is 13.4. The average molecular weight is 389 g/mol. The predicted octanol–water partition coefficient (Wildman–Crippen LogP) is 2.82. The molecule has 1 aromatic heterocycles. The van der Waals surface area contributed by atoms with Gasteiger partial charge in [-0.15, -0.1) is 11.6 Å². The molecule has 4 aliphatic carbocycles. The zero-order valence-electron chi connectivity index (χ0n) is 15.7. The van der Waals surface area contributed by atoms with Gasteiger partial charge in [0.1, 0.15) is 0 Å². The Kier molecular flexibility index (Phi) is 4.65. The topological polar surface area (TPSA) is 57.3 Å². The van der Waals surface area contributed by atoms with Crippen molar-refractivity contribution in [3.63, 3.8) is 0 Å². The molecule has 1 saturated heterocycles. The highest BCUT2D eigenvalue weighted by Gasteiger charge is 2.52. The van der Waals surface area contributed by atoms with E-state index in [1.54, 1.807) is 12.4 Å². The predicted molar refractivity (Wildman–Crippen MR) is 105 cm³/mol. The van der Waals surface area contributed by atoms with E-state index in [-0.39, 0.29) is 17.6 Å². The molecule has 6 rings (SSSR count). The van der Waals surface area contributed by atoms with Gasteiger partial charge in [-0.25, -0.2) is 0 Å². The summed E-state index contributed by atoms with van der Waals surface area (Å²) in [6, 6.07) is 3.66. The highest BCUT2D eigenvalue weighted by Crippen LogP contribution is 2.60. The van der Waals surface area contributed by atoms with E-state index in [9.17, 15) is 4.79 Å². The molecule has 4 saturated carbocycles. The van der Waals surface area contributed by atoms with Crippen LogP contribution in [0.1, 0.15) is 48.9 Å². The number of carbonyl (C=O) groups is 1. The number of halogens is 1. The summed E-state index contributed by atoms with van der Waals surface area (Å²) in [5, 5.41) is 6.82. The molecule has 2 unspecified atom stereocenters. The second-order valence-electron chi connectivity index (χ2n) is 9.39. The lowest BCUT2D eigenvalue weighted by molar-refractivity contribution is -0.0715. The fraction of sp³-hybridized carbons (Fsp3) is 0.714. The van der Waals surface area contributed by atoms with Gasteiger partial charge in [-0.3, -0.25) is 20.4 Å². The summed E-state index contributed by atoms with van der Waals surface area (Å²) < 4.78 is 0. The van der Waals surface area contributed by atoms with Gasteiger partial charge < -0.3 is 4.90 Å². The minimum atomic E-state index is -0.0707. The summed E-state index contributed by atoms with van der Waals surface area (Å²) in [5.74, 6) is 2.77. The van der Waals surface area contributed by atoms with E-state index in [0.29, 0.717) is 18.5 Å². The molecule has 0 spiro atoms. The van der Waals surface area contributed by atoms with Gasteiger partial charge in [-0.2, -0.15) is 0 Å². The monoisotopic (exact) mass is 388 g/mol. The summed E-state index contributed by atoms with van der Waals surface area (Å²) >= 11 is 6.20. The zero-order valence-corrected chi connectivity index (χ0v) is 16.5. The standard InChI is InChI=1S/C21H29ClN4O/c22-18-11-25-19(12-24-18)26(20(27)17-1-3-23-4-2-17)13-21-8-14-5-15(9-21)7-16(6-14)10-21/h1-4,14-16,18-19,24-25H,5-13H2. The van der Waals surface area contributed by atoms with Crippen LogP contribution in [-0.2, 0) is 0 Å². The first-order valence-electron chi connectivity index (χ1n) is 10.4. The Labute approximate surface area is 166 Å². The van der Waals surface area contributed by atoms with E-state index < -0.39 is 0 Å². The Morgan fingerprint density at radius 3 is 2.26 bits per heavy atom. The van der Waals surface area contributed by atoms with Gasteiger partial charge in [-0.1, -0.05) is 0 Å². The van der Waals surface area contributed by atoms with Crippen LogP contribution in [0, 0.1) is 23.2 Å². The van der Waals surface area contributed by atoms with Gasteiger partial charge in [-0.05, 0) is 73.8 Å². The Morgan fingerprint density at radius 2 is 1.70 bits per heavy atom. The number of alkyl halides is 1. The second kappa shape index (κ2) is 7.02. The summed E-state index contributed by atoms with van der Waals surface area (Å²) in [6.45, 7) is 2.23. The van der Waals surface area contributed by atoms with Crippen LogP contribution in [0.15, 0.2) is 24.5 Å². The Bertz CT molecular complexity index is 653. The molecule has 1 aromatic rings. The van der Waals surface area contributed by atoms with E-state index in [4.69, 9.17) is 11.6 Å². The van der Waals surface area contributed by atoms with Gasteiger partial charge in [0.2, 0.25) is 0 Å². The zero-order chi connectivity index (χ0) is 18.4. The first-order chi connectivity index (χ1) is 13.1. The lowest BCUT2D eigenvalue weighted by Crippen LogP contribution is -2.63. The van der Waals surface area contributed by atoms with Crippen molar-refractivity contribution >= 4 is 17.5 Å². The van der Waals surface area contributed by atoms with Gasteiger partial charge >= 0.3 is 0 Å². The summed E-state index contributed by atoms with van der Waals surface area (Å²) in [7, 11) is 0. The SMILES string of the molecule is O=C(c1ccncc1)N(CC12CC3CC(CC(C3)C1)C2)C1CNC(Cl)CN1. The fourth-order valence-electron chi connectivity index (χ4n) is 6.67. The number of carbonyl (C=O) groups excluding carboxylic acids is 1. The number of hydrogen-bond acceptors (Lipinski definition) is 4. The second-order valence-corrected chi connectivity index (χ2v) is 9.91. The van der Waals surface area contributed by atoms with Crippen molar-refractivity contribution in [3.8, 4) is 0 Å². The molecule has 4 bridgehead atoms. The first kappa shape index (κ1) is 17.9. The van der Waals surface area contributed by atoms with Crippen molar-refractivity contribution in [2.75, 3.05) is 19.6 Å². The fourth-order valence-corrected chi connectivity index (χ4v) is 6.85. The van der Waals surface area contributed by atoms with E-state index >= 15 is 0 Å². The normalized spacial score (nSPS) is 40.1. The number of nitrogens with one attached hydrogen (secondary N) is 2. The highest BCUT2D eigenvalue weighted by molar-refractivity contribution is 6.20. The van der Waals surface area contributed by atoms with Crippen LogP contribution in [0.4, 0.5) is 0 Å². The molecule has 5 fully saturated rings. The van der Waals surface area contributed by atoms with Gasteiger partial charge in [0.15, 0.2) is 0 Å². The van der Waals surface area contributed by atoms with Crippen molar-refractivity contribution in [1.29, 1.82) is 0 Å². The maximum Gasteiger partial charge on any atom is 0.255 e. The number of hydrogen-bond donors (Lipinski definition) is 2. The Morgan fingerprint density at radius 1 is 1.07 bits per heavy atom. The third kappa shape index (κ3) is 3.50. The van der Waals surface area contributed by atoms with Gasteiger partial charge in [0, 0.05) is 37.6 Å². The molecule has 5 aliphatic rings. The highest BCUT2D eigenvalue weighted by atomic mass is 35.5. The van der Waals surface area contributed by atoms with E-state index in [1.165, 1.54) is 38.5 Å². The molecule has 1 aliphatic heterocycles. The summed E-state index contributed by atoms with van der Waals surface area (Å²) in [6.07, 6.45) is 11.6. The molecule has 5 nitrogen and oxygen atoms in total. The third-order valence-electron chi connectivity index (χ3n) is 7.30. The number of pyridine rings is 1. The van der Waals surface area contributed by atoms with Crippen molar-refractivity contribution < 1.29 is 4.79 Å². The summed E-state index contributed by atoms with van der Waals surface area (Å²) in [5.41, 5.74) is 0.972. The van der Waals surface area contributed by atoms with E-state index in [0.717, 1.165) is 29.9 Å². The Balaban J connectivity index is 1.41. The minimum Gasteiger partial charge on any atom is -0.321 e. The lowest BCUT2D eigenvalue weighted by Gasteiger charge is -2.58. The van der Waals surface area contributed by atoms with Crippen LogP contribution < -0.4 is 10.6 Å². The van der Waals surface area contributed by atoms with Crippen LogP contribution in [0.5, 0.6) is 0 Å². The quantitative estimate of drug-likeness (QED) is 0.615. The molecular weight excluding hydrogens is 360 g/mol. The maximum atomic E-state index is 13.4. The third-order valence-corrected chi connectivity index (χ3v) is 7.61. The van der Waals surface area contributed by atoms with E-state index in [2.05, 4.69) is 20.5 Å². The number of piperazine rings is 1.